The van der Waals surface area contributed by atoms with E-state index in [0.29, 0.717) is 12.0 Å². The second kappa shape index (κ2) is 11.6. The molecule has 6 heteroatoms. The van der Waals surface area contributed by atoms with E-state index in [0.717, 1.165) is 52.3 Å². The van der Waals surface area contributed by atoms with E-state index in [2.05, 4.69) is 10.2 Å². The molecule has 1 aliphatic carbocycles. The van der Waals surface area contributed by atoms with E-state index in [-0.39, 0.29) is 11.7 Å². The number of benzene rings is 4. The molecule has 0 heterocycles. The molecule has 198 valence electrons. The van der Waals surface area contributed by atoms with E-state index in [1.807, 2.05) is 86.8 Å². The van der Waals surface area contributed by atoms with E-state index in [1.165, 1.54) is 12.1 Å². The highest BCUT2D eigenvalue weighted by Gasteiger charge is 2.32. The summed E-state index contributed by atoms with van der Waals surface area (Å²) in [7, 11) is 1.98. The van der Waals surface area contributed by atoms with E-state index in [1.54, 1.807) is 12.1 Å². The van der Waals surface area contributed by atoms with E-state index < -0.39 is 12.1 Å². The summed E-state index contributed by atoms with van der Waals surface area (Å²) in [4.78, 5) is 19.9. The topological polar surface area (TPSA) is 64.9 Å². The van der Waals surface area contributed by atoms with Crippen LogP contribution < -0.4 is 5.32 Å². The zero-order chi connectivity index (χ0) is 27.4. The monoisotopic (exact) mass is 521 g/mol. The fraction of sp³-hybridized carbons (Fsp3) is 0.212. The molecule has 5 nitrogen and oxygen atoms in total. The average Bonchev–Trinajstić information content (AvgIpc) is 3.27. The van der Waals surface area contributed by atoms with E-state index in [9.17, 15) is 14.3 Å². The van der Waals surface area contributed by atoms with Crippen molar-refractivity contribution in [3.05, 3.63) is 125 Å². The summed E-state index contributed by atoms with van der Waals surface area (Å²) in [6.07, 6.45) is 0.556. The third-order valence-corrected chi connectivity index (χ3v) is 7.31. The molecule has 0 saturated heterocycles. The Morgan fingerprint density at radius 2 is 1.67 bits per heavy atom. The first-order valence-corrected chi connectivity index (χ1v) is 13.2. The third-order valence-electron chi connectivity index (χ3n) is 7.31. The van der Waals surface area contributed by atoms with Crippen molar-refractivity contribution in [2.45, 2.75) is 31.9 Å². The Balaban J connectivity index is 1.26. The van der Waals surface area contributed by atoms with Gasteiger partial charge in [0.25, 0.3) is 5.91 Å². The molecule has 2 N–H and O–H groups in total. The zero-order valence-electron chi connectivity index (χ0n) is 22.1. The van der Waals surface area contributed by atoms with Crippen LogP contribution in [-0.4, -0.2) is 41.4 Å². The van der Waals surface area contributed by atoms with Crippen molar-refractivity contribution in [2.75, 3.05) is 13.6 Å². The lowest BCUT2D eigenvalue weighted by atomic mass is 10.0. The lowest BCUT2D eigenvalue weighted by Crippen LogP contribution is -2.33. The first-order chi connectivity index (χ1) is 18.9. The Kier molecular flexibility index (Phi) is 7.84. The summed E-state index contributed by atoms with van der Waals surface area (Å²) in [5, 5.41) is 13.8. The number of nitrogens with one attached hydrogen (secondary N) is 1. The van der Waals surface area contributed by atoms with Crippen LogP contribution in [-0.2, 0) is 12.8 Å². The molecule has 5 rings (SSSR count). The van der Waals surface area contributed by atoms with Crippen molar-refractivity contribution >= 4 is 17.4 Å². The van der Waals surface area contributed by atoms with Crippen LogP contribution in [0.1, 0.15) is 40.0 Å². The number of amidine groups is 1. The van der Waals surface area contributed by atoms with Gasteiger partial charge in [-0.15, -0.1) is 0 Å². The molecular weight excluding hydrogens is 489 g/mol. The maximum Gasteiger partial charge on any atom is 0.251 e. The van der Waals surface area contributed by atoms with Crippen molar-refractivity contribution in [3.8, 4) is 11.1 Å². The Bertz CT molecular complexity index is 1470. The minimum Gasteiger partial charge on any atom is -0.390 e. The average molecular weight is 522 g/mol. The predicted molar refractivity (Wildman–Crippen MR) is 154 cm³/mol. The molecule has 0 fully saturated rings. The van der Waals surface area contributed by atoms with Crippen molar-refractivity contribution in [1.82, 2.24) is 10.2 Å². The van der Waals surface area contributed by atoms with Gasteiger partial charge in [-0.1, -0.05) is 60.7 Å². The Morgan fingerprint density at radius 1 is 0.974 bits per heavy atom. The number of aliphatic hydroxyl groups excluding tert-OH is 1. The SMILES string of the molecule is CC(=Nc1ccc2c(c1)[C@@H](NC(=O)c1ccc(-c3ccccc3)cc1)[C@H](O)C2)N(C)CCc1ccc(F)cc1. The second-order valence-electron chi connectivity index (χ2n) is 10.0. The molecule has 0 bridgehead atoms. The first-order valence-electron chi connectivity index (χ1n) is 13.2. The van der Waals surface area contributed by atoms with Crippen LogP contribution >= 0.6 is 0 Å². The number of halogens is 1. The number of carbonyl (C=O) groups is 1. The first kappa shape index (κ1) is 26.3. The number of aliphatic hydroxyl groups is 1. The molecule has 0 unspecified atom stereocenters. The Labute approximate surface area is 228 Å². The van der Waals surface area contributed by atoms with Gasteiger partial charge >= 0.3 is 0 Å². The van der Waals surface area contributed by atoms with E-state index >= 15 is 0 Å². The smallest absolute Gasteiger partial charge is 0.251 e. The number of rotatable bonds is 7. The van der Waals surface area contributed by atoms with Crippen LogP contribution in [0.2, 0.25) is 0 Å². The number of likely N-dealkylation sites (N-methyl/N-ethyl adjacent to an activating group) is 1. The van der Waals surface area contributed by atoms with Crippen LogP contribution in [0.25, 0.3) is 11.1 Å². The summed E-state index contributed by atoms with van der Waals surface area (Å²) >= 11 is 0. The number of aliphatic imine (C=N–C) groups is 1. The zero-order valence-corrected chi connectivity index (χ0v) is 22.1. The molecule has 0 aromatic heterocycles. The molecule has 39 heavy (non-hydrogen) atoms. The number of fused-ring (bicyclic) bond motifs is 1. The number of carbonyl (C=O) groups excluding carboxylic acids is 1. The van der Waals surface area contributed by atoms with Gasteiger partial charge in [0.1, 0.15) is 11.7 Å². The second-order valence-corrected chi connectivity index (χ2v) is 10.0. The molecule has 0 aliphatic heterocycles. The van der Waals surface area contributed by atoms with Gasteiger partial charge in [0.05, 0.1) is 17.8 Å². The normalized spacial score (nSPS) is 16.6. The van der Waals surface area contributed by atoms with Gasteiger partial charge in [0.2, 0.25) is 0 Å². The Morgan fingerprint density at radius 3 is 2.38 bits per heavy atom. The van der Waals surface area contributed by atoms with Gasteiger partial charge in [-0.3, -0.25) is 4.79 Å². The van der Waals surface area contributed by atoms with Gasteiger partial charge in [-0.05, 0) is 77.6 Å². The van der Waals surface area contributed by atoms with Crippen LogP contribution in [0.3, 0.4) is 0 Å². The van der Waals surface area contributed by atoms with Gasteiger partial charge in [0.15, 0.2) is 0 Å². The summed E-state index contributed by atoms with van der Waals surface area (Å²) in [5.41, 5.74) is 6.40. The highest BCUT2D eigenvalue weighted by atomic mass is 19.1. The van der Waals surface area contributed by atoms with Gasteiger partial charge in [-0.2, -0.15) is 0 Å². The van der Waals surface area contributed by atoms with Crippen LogP contribution in [0, 0.1) is 5.82 Å². The lowest BCUT2D eigenvalue weighted by Gasteiger charge is -2.20. The Hall–Kier alpha value is -4.29. The molecule has 0 saturated carbocycles. The van der Waals surface area contributed by atoms with Crippen molar-refractivity contribution in [2.24, 2.45) is 4.99 Å². The van der Waals surface area contributed by atoms with Crippen LogP contribution in [0.4, 0.5) is 10.1 Å². The quantitative estimate of drug-likeness (QED) is 0.228. The van der Waals surface area contributed by atoms with Crippen LogP contribution in [0.15, 0.2) is 102 Å². The van der Waals surface area contributed by atoms with E-state index in [4.69, 9.17) is 4.99 Å². The molecule has 0 spiro atoms. The molecule has 1 aliphatic rings. The van der Waals surface area contributed by atoms with Gasteiger partial charge < -0.3 is 15.3 Å². The van der Waals surface area contributed by atoms with Gasteiger partial charge in [-0.25, -0.2) is 9.38 Å². The number of nitrogens with zero attached hydrogens (tertiary/aromatic N) is 2. The standard InChI is InChI=1S/C33H32FN3O2/c1-22(37(2)19-18-23-8-15-28(34)16-9-23)35-29-17-14-27-20-31(38)32(30(27)21-29)36-33(39)26-12-10-25(11-13-26)24-6-4-3-5-7-24/h3-17,21,31-32,38H,18-20H2,1-2H3,(H,36,39)/t31-,32-/m1/s1. The number of hydrogen-bond donors (Lipinski definition) is 2. The molecule has 0 radical (unpaired) electrons. The summed E-state index contributed by atoms with van der Waals surface area (Å²) in [5.74, 6) is 0.383. The number of amides is 1. The minimum atomic E-state index is -0.703. The fourth-order valence-electron chi connectivity index (χ4n) is 4.90. The predicted octanol–water partition coefficient (Wildman–Crippen LogP) is 6.11. The molecular formula is C33H32FN3O2. The van der Waals surface area contributed by atoms with Crippen molar-refractivity contribution in [1.29, 1.82) is 0 Å². The fourth-order valence-corrected chi connectivity index (χ4v) is 4.90. The summed E-state index contributed by atoms with van der Waals surface area (Å²) in [6, 6.07) is 29.4. The summed E-state index contributed by atoms with van der Waals surface area (Å²) in [6.45, 7) is 2.69. The maximum absolute atomic E-state index is 13.2. The molecule has 1 amide bonds. The highest BCUT2D eigenvalue weighted by molar-refractivity contribution is 5.95. The minimum absolute atomic E-state index is 0.225. The molecule has 4 aromatic rings. The molecule has 4 aromatic carbocycles. The van der Waals surface area contributed by atoms with Crippen molar-refractivity contribution in [3.63, 3.8) is 0 Å². The lowest BCUT2D eigenvalue weighted by molar-refractivity contribution is 0.0858. The number of hydrogen-bond acceptors (Lipinski definition) is 3. The van der Waals surface area contributed by atoms with Crippen molar-refractivity contribution < 1.29 is 14.3 Å². The van der Waals surface area contributed by atoms with Crippen LogP contribution in [0.5, 0.6) is 0 Å². The maximum atomic E-state index is 13.2. The third kappa shape index (κ3) is 6.24. The van der Waals surface area contributed by atoms with Gasteiger partial charge in [0, 0.05) is 25.6 Å². The summed E-state index contributed by atoms with van der Waals surface area (Å²) < 4.78 is 13.2. The largest absolute Gasteiger partial charge is 0.390 e. The molecule has 2 atom stereocenters. The highest BCUT2D eigenvalue weighted by Crippen LogP contribution is 2.34.